The second kappa shape index (κ2) is 4.12. The van der Waals surface area contributed by atoms with Crippen molar-refractivity contribution in [1.82, 2.24) is 5.32 Å². The van der Waals surface area contributed by atoms with Crippen molar-refractivity contribution in [3.8, 4) is 0 Å². The number of hydrogen-bond acceptors (Lipinski definition) is 2. The monoisotopic (exact) mass is 223 g/mol. The fraction of sp³-hybridized carbons (Fsp3) is 0.417. The Morgan fingerprint density at radius 3 is 2.88 bits per heavy atom. The van der Waals surface area contributed by atoms with E-state index in [1.54, 1.807) is 13.0 Å². The molecule has 1 aromatic rings. The van der Waals surface area contributed by atoms with Crippen LogP contribution in [0.1, 0.15) is 25.3 Å². The molecule has 1 aromatic carbocycles. The number of halogens is 1. The van der Waals surface area contributed by atoms with Gasteiger partial charge in [-0.3, -0.25) is 0 Å². The van der Waals surface area contributed by atoms with Gasteiger partial charge >= 0.3 is 6.09 Å². The Morgan fingerprint density at radius 2 is 2.31 bits per heavy atom. The molecular weight excluding hydrogens is 209 g/mol. The Balaban J connectivity index is 2.11. The lowest BCUT2D eigenvalue weighted by atomic mass is 10.1. The van der Waals surface area contributed by atoms with Crippen LogP contribution in [0.4, 0.5) is 9.18 Å². The third-order valence-corrected chi connectivity index (χ3v) is 2.74. The summed E-state index contributed by atoms with van der Waals surface area (Å²) in [6.45, 7) is 2.09. The van der Waals surface area contributed by atoms with E-state index in [2.05, 4.69) is 5.32 Å². The van der Waals surface area contributed by atoms with E-state index < -0.39 is 11.6 Å². The van der Waals surface area contributed by atoms with Gasteiger partial charge in [0.15, 0.2) is 0 Å². The van der Waals surface area contributed by atoms with Crippen LogP contribution in [0.3, 0.4) is 0 Å². The second-order valence-corrected chi connectivity index (χ2v) is 3.94. The first kappa shape index (κ1) is 10.9. The number of alkyl carbamates (subject to hydrolysis) is 1. The number of nitrogens with one attached hydrogen (secondary N) is 1. The number of carbonyl (C=O) groups is 1. The van der Waals surface area contributed by atoms with E-state index in [1.807, 2.05) is 6.07 Å². The van der Waals surface area contributed by atoms with Crippen LogP contribution < -0.4 is 5.32 Å². The first-order chi connectivity index (χ1) is 7.66. The highest BCUT2D eigenvalue weighted by Crippen LogP contribution is 2.45. The van der Waals surface area contributed by atoms with Crippen LogP contribution in [0.2, 0.25) is 0 Å². The minimum absolute atomic E-state index is 0.283. The maximum Gasteiger partial charge on any atom is 0.407 e. The van der Waals surface area contributed by atoms with Crippen molar-refractivity contribution in [2.45, 2.75) is 25.3 Å². The number of hydrogen-bond donors (Lipinski definition) is 1. The van der Waals surface area contributed by atoms with Crippen LogP contribution in [0.25, 0.3) is 0 Å². The number of ether oxygens (including phenoxy) is 1. The molecule has 16 heavy (non-hydrogen) atoms. The third-order valence-electron chi connectivity index (χ3n) is 2.74. The molecule has 0 unspecified atom stereocenters. The first-order valence-electron chi connectivity index (χ1n) is 5.37. The van der Waals surface area contributed by atoms with Crippen molar-refractivity contribution < 1.29 is 13.9 Å². The van der Waals surface area contributed by atoms with E-state index >= 15 is 0 Å². The van der Waals surface area contributed by atoms with Gasteiger partial charge in [-0.25, -0.2) is 9.18 Å². The van der Waals surface area contributed by atoms with Gasteiger partial charge in [0, 0.05) is 0 Å². The minimum Gasteiger partial charge on any atom is -0.450 e. The fourth-order valence-electron chi connectivity index (χ4n) is 1.76. The van der Waals surface area contributed by atoms with Crippen molar-refractivity contribution in [2.75, 3.05) is 6.61 Å². The van der Waals surface area contributed by atoms with Gasteiger partial charge < -0.3 is 10.1 Å². The molecule has 1 saturated carbocycles. The lowest BCUT2D eigenvalue weighted by Crippen LogP contribution is -2.35. The molecule has 1 N–H and O–H groups in total. The number of benzene rings is 1. The van der Waals surface area contributed by atoms with Gasteiger partial charge in [0.1, 0.15) is 5.82 Å². The molecule has 1 aliphatic rings. The Kier molecular flexibility index (Phi) is 2.81. The quantitative estimate of drug-likeness (QED) is 0.855. The molecule has 1 aliphatic carbocycles. The second-order valence-electron chi connectivity index (χ2n) is 3.94. The molecule has 0 bridgehead atoms. The van der Waals surface area contributed by atoms with Crippen LogP contribution >= 0.6 is 0 Å². The smallest absolute Gasteiger partial charge is 0.407 e. The molecule has 0 atom stereocenters. The topological polar surface area (TPSA) is 38.3 Å². The molecule has 0 radical (unpaired) electrons. The Labute approximate surface area is 93.6 Å². The molecule has 2 rings (SSSR count). The van der Waals surface area contributed by atoms with E-state index in [1.165, 1.54) is 12.1 Å². The van der Waals surface area contributed by atoms with Gasteiger partial charge in [-0.05, 0) is 37.5 Å². The van der Waals surface area contributed by atoms with Gasteiger partial charge in [0.2, 0.25) is 0 Å². The summed E-state index contributed by atoms with van der Waals surface area (Å²) in [4.78, 5) is 11.3. The fourth-order valence-corrected chi connectivity index (χ4v) is 1.76. The predicted molar refractivity (Wildman–Crippen MR) is 57.5 cm³/mol. The molecule has 3 nitrogen and oxygen atoms in total. The van der Waals surface area contributed by atoms with Gasteiger partial charge in [-0.1, -0.05) is 12.1 Å². The number of rotatable bonds is 3. The van der Waals surface area contributed by atoms with E-state index in [4.69, 9.17) is 4.74 Å². The summed E-state index contributed by atoms with van der Waals surface area (Å²) in [7, 11) is 0. The Bertz CT molecular complexity index is 402. The lowest BCUT2D eigenvalue weighted by Gasteiger charge is -2.17. The molecule has 0 aliphatic heterocycles. The van der Waals surface area contributed by atoms with E-state index in [0.29, 0.717) is 6.61 Å². The van der Waals surface area contributed by atoms with Crippen molar-refractivity contribution in [3.05, 3.63) is 35.6 Å². The molecular formula is C12H14FNO2. The third kappa shape index (κ3) is 2.15. The van der Waals surface area contributed by atoms with Crippen LogP contribution in [0, 0.1) is 5.82 Å². The van der Waals surface area contributed by atoms with E-state index in [-0.39, 0.29) is 5.82 Å². The molecule has 0 saturated heterocycles. The van der Waals surface area contributed by atoms with Crippen LogP contribution in [-0.4, -0.2) is 12.7 Å². The summed E-state index contributed by atoms with van der Waals surface area (Å²) < 4.78 is 17.9. The maximum absolute atomic E-state index is 13.1. The highest BCUT2D eigenvalue weighted by atomic mass is 19.1. The zero-order valence-corrected chi connectivity index (χ0v) is 9.13. The predicted octanol–water partition coefficient (Wildman–Crippen LogP) is 2.56. The average molecular weight is 223 g/mol. The highest BCUT2D eigenvalue weighted by Gasteiger charge is 2.46. The summed E-state index contributed by atoms with van der Waals surface area (Å²) in [5, 5.41) is 2.78. The van der Waals surface area contributed by atoms with Crippen LogP contribution in [0.5, 0.6) is 0 Å². The van der Waals surface area contributed by atoms with Crippen molar-refractivity contribution in [1.29, 1.82) is 0 Å². The summed E-state index contributed by atoms with van der Waals surface area (Å²) in [6, 6.07) is 6.32. The minimum atomic E-state index is -0.440. The van der Waals surface area contributed by atoms with Crippen molar-refractivity contribution >= 4 is 6.09 Å². The average Bonchev–Trinajstić information content (AvgIpc) is 2.99. The molecule has 4 heteroatoms. The highest BCUT2D eigenvalue weighted by molar-refractivity contribution is 5.69. The van der Waals surface area contributed by atoms with Crippen molar-refractivity contribution in [3.63, 3.8) is 0 Å². The lowest BCUT2D eigenvalue weighted by molar-refractivity contribution is 0.146. The largest absolute Gasteiger partial charge is 0.450 e. The molecule has 1 fully saturated rings. The summed E-state index contributed by atoms with van der Waals surface area (Å²) in [5.41, 5.74) is 0.398. The molecule has 0 heterocycles. The molecule has 86 valence electrons. The van der Waals surface area contributed by atoms with Crippen LogP contribution in [-0.2, 0) is 10.3 Å². The normalized spacial score (nSPS) is 16.6. The summed E-state index contributed by atoms with van der Waals surface area (Å²) >= 11 is 0. The summed E-state index contributed by atoms with van der Waals surface area (Å²) in [5.74, 6) is -0.283. The van der Waals surface area contributed by atoms with Crippen molar-refractivity contribution in [2.24, 2.45) is 0 Å². The number of amides is 1. The molecule has 1 amide bonds. The Hall–Kier alpha value is -1.58. The zero-order chi connectivity index (χ0) is 11.6. The number of carbonyl (C=O) groups excluding carboxylic acids is 1. The molecule has 0 aromatic heterocycles. The first-order valence-corrected chi connectivity index (χ1v) is 5.37. The zero-order valence-electron chi connectivity index (χ0n) is 9.13. The standard InChI is InChI=1S/C12H14FNO2/c1-2-16-11(15)14-12(6-7-12)9-4-3-5-10(13)8-9/h3-5,8H,2,6-7H2,1H3,(H,14,15). The molecule has 0 spiro atoms. The van der Waals surface area contributed by atoms with E-state index in [9.17, 15) is 9.18 Å². The van der Waals surface area contributed by atoms with Gasteiger partial charge in [0.25, 0.3) is 0 Å². The van der Waals surface area contributed by atoms with Crippen LogP contribution in [0.15, 0.2) is 24.3 Å². The van der Waals surface area contributed by atoms with E-state index in [0.717, 1.165) is 18.4 Å². The van der Waals surface area contributed by atoms with Gasteiger partial charge in [0.05, 0.1) is 12.1 Å². The van der Waals surface area contributed by atoms with Gasteiger partial charge in [-0.15, -0.1) is 0 Å². The summed E-state index contributed by atoms with van der Waals surface area (Å²) in [6.07, 6.45) is 1.22. The maximum atomic E-state index is 13.1. The Morgan fingerprint density at radius 1 is 1.56 bits per heavy atom. The van der Waals surface area contributed by atoms with Gasteiger partial charge in [-0.2, -0.15) is 0 Å². The SMILES string of the molecule is CCOC(=O)NC1(c2cccc(F)c2)CC1.